The van der Waals surface area contributed by atoms with Crippen LogP contribution < -0.4 is 14.2 Å². The lowest BCUT2D eigenvalue weighted by Crippen LogP contribution is -2.59. The van der Waals surface area contributed by atoms with Crippen molar-refractivity contribution in [1.82, 2.24) is 14.5 Å². The third kappa shape index (κ3) is 6.76. The molecule has 200 valence electrons. The maximum atomic E-state index is 11.3. The zero-order valence-electron chi connectivity index (χ0n) is 21.7. The van der Waals surface area contributed by atoms with E-state index in [-0.39, 0.29) is 13.2 Å². The summed E-state index contributed by atoms with van der Waals surface area (Å²) in [7, 11) is 1.63. The van der Waals surface area contributed by atoms with E-state index in [0.29, 0.717) is 54.9 Å². The Morgan fingerprint density at radius 2 is 1.97 bits per heavy atom. The smallest absolute Gasteiger partial charge is 0.161 e. The average molecular weight is 530 g/mol. The zero-order valence-corrected chi connectivity index (χ0v) is 22.4. The number of halogens is 1. The summed E-state index contributed by atoms with van der Waals surface area (Å²) in [5, 5.41) is 22.3. The van der Waals surface area contributed by atoms with Crippen molar-refractivity contribution in [2.75, 3.05) is 33.4 Å². The Morgan fingerprint density at radius 3 is 2.76 bits per heavy atom. The summed E-state index contributed by atoms with van der Waals surface area (Å²) in [6.45, 7) is 6.69. The van der Waals surface area contributed by atoms with E-state index in [1.807, 2.05) is 43.5 Å². The predicted molar refractivity (Wildman–Crippen MR) is 143 cm³/mol. The van der Waals surface area contributed by atoms with Gasteiger partial charge in [0.15, 0.2) is 11.5 Å². The molecule has 2 heterocycles. The predicted octanol–water partition coefficient (Wildman–Crippen LogP) is 3.87. The number of ether oxygens (including phenoxy) is 3. The molecular formula is C28H36ClN3O5. The molecule has 1 aliphatic rings. The molecule has 1 aliphatic heterocycles. The minimum absolute atomic E-state index is 0.0550. The van der Waals surface area contributed by atoms with Gasteiger partial charge in [-0.25, -0.2) is 4.98 Å². The number of nitrogens with zero attached hydrogens (tertiary/aromatic N) is 3. The van der Waals surface area contributed by atoms with Crippen LogP contribution in [0.2, 0.25) is 5.02 Å². The Hall–Kier alpha value is -2.78. The van der Waals surface area contributed by atoms with Crippen molar-refractivity contribution in [1.29, 1.82) is 0 Å². The van der Waals surface area contributed by atoms with Gasteiger partial charge in [0.2, 0.25) is 0 Å². The monoisotopic (exact) mass is 529 g/mol. The Labute approximate surface area is 223 Å². The minimum atomic E-state index is -1.41. The molecule has 0 spiro atoms. The molecule has 2 atom stereocenters. The fourth-order valence-corrected chi connectivity index (χ4v) is 4.82. The van der Waals surface area contributed by atoms with Gasteiger partial charge in [0.25, 0.3) is 0 Å². The first-order chi connectivity index (χ1) is 17.8. The summed E-state index contributed by atoms with van der Waals surface area (Å²) < 4.78 is 19.5. The number of piperidine rings is 1. The number of aliphatic hydroxyl groups excluding tert-OH is 1. The van der Waals surface area contributed by atoms with E-state index in [1.54, 1.807) is 19.4 Å². The second-order valence-electron chi connectivity index (χ2n) is 9.57. The third-order valence-corrected chi connectivity index (χ3v) is 7.05. The largest absolute Gasteiger partial charge is 0.493 e. The lowest BCUT2D eigenvalue weighted by molar-refractivity contribution is -0.140. The average Bonchev–Trinajstić information content (AvgIpc) is 3.35. The Bertz CT molecular complexity index is 1190. The van der Waals surface area contributed by atoms with Crippen LogP contribution >= 0.6 is 11.6 Å². The van der Waals surface area contributed by atoms with E-state index in [0.717, 1.165) is 23.4 Å². The number of methoxy groups -OCH3 is 1. The van der Waals surface area contributed by atoms with Crippen LogP contribution in [0, 0.1) is 6.92 Å². The third-order valence-electron chi connectivity index (χ3n) is 6.74. The number of aryl methyl sites for hydroxylation is 2. The molecule has 3 aromatic rings. The highest BCUT2D eigenvalue weighted by atomic mass is 35.5. The molecule has 37 heavy (non-hydrogen) atoms. The summed E-state index contributed by atoms with van der Waals surface area (Å²) in [5.41, 5.74) is 0.614. The summed E-state index contributed by atoms with van der Waals surface area (Å²) in [6.07, 6.45) is 4.19. The van der Waals surface area contributed by atoms with Crippen LogP contribution in [0.1, 0.15) is 30.3 Å². The molecule has 0 radical (unpaired) electrons. The molecule has 0 bridgehead atoms. The maximum Gasteiger partial charge on any atom is 0.161 e. The standard InChI is InChI=1S/C28H36ClN3O5/c1-4-27-30-10-12-32(27)13-14-36-23-8-6-21(16-25(23)35-3)17-31-11-9-26(33)28(34,18-31)19-37-24-15-20(2)5-7-22(24)29/h5-8,10,12,15-16,26,33-34H,4,9,11,13-14,17-19H2,1-3H3/t26-,28-/m0/s1. The van der Waals surface area contributed by atoms with Crippen molar-refractivity contribution in [3.05, 3.63) is 70.8 Å². The van der Waals surface area contributed by atoms with Crippen LogP contribution in [0.5, 0.6) is 17.2 Å². The lowest BCUT2D eigenvalue weighted by atomic mass is 9.90. The number of β-amino-alcohol motifs (C(OH)–C–C–N with tert-alkyl or cyclic N) is 1. The van der Waals surface area contributed by atoms with Gasteiger partial charge in [0.05, 0.1) is 24.8 Å². The number of aromatic nitrogens is 2. The molecule has 0 aliphatic carbocycles. The summed E-state index contributed by atoms with van der Waals surface area (Å²) >= 11 is 6.24. The molecule has 9 heteroatoms. The number of benzene rings is 2. The SMILES string of the molecule is CCc1nccn1CCOc1ccc(CN2CC[C@H](O)[C@@](O)(COc3cc(C)ccc3Cl)C2)cc1OC. The van der Waals surface area contributed by atoms with E-state index in [2.05, 4.69) is 21.4 Å². The Balaban J connectivity index is 1.36. The molecule has 4 rings (SSSR count). The molecule has 1 saturated heterocycles. The first kappa shape index (κ1) is 27.3. The summed E-state index contributed by atoms with van der Waals surface area (Å²) in [6, 6.07) is 11.4. The quantitative estimate of drug-likeness (QED) is 0.390. The van der Waals surface area contributed by atoms with Crippen molar-refractivity contribution in [3.8, 4) is 17.2 Å². The molecule has 0 unspecified atom stereocenters. The molecule has 0 saturated carbocycles. The van der Waals surface area contributed by atoms with Crippen LogP contribution in [-0.2, 0) is 19.5 Å². The van der Waals surface area contributed by atoms with E-state index in [4.69, 9.17) is 25.8 Å². The Kier molecular flexibility index (Phi) is 8.97. The molecule has 2 aromatic carbocycles. The first-order valence-electron chi connectivity index (χ1n) is 12.6. The van der Waals surface area contributed by atoms with Gasteiger partial charge >= 0.3 is 0 Å². The summed E-state index contributed by atoms with van der Waals surface area (Å²) in [4.78, 5) is 6.45. The van der Waals surface area contributed by atoms with Gasteiger partial charge in [0.1, 0.15) is 30.4 Å². The van der Waals surface area contributed by atoms with Crippen LogP contribution in [0.15, 0.2) is 48.8 Å². The van der Waals surface area contributed by atoms with Gasteiger partial charge in [0, 0.05) is 38.4 Å². The fraction of sp³-hybridized carbons (Fsp3) is 0.464. The van der Waals surface area contributed by atoms with Gasteiger partial charge in [-0.05, 0) is 48.7 Å². The van der Waals surface area contributed by atoms with Crippen molar-refractivity contribution < 1.29 is 24.4 Å². The van der Waals surface area contributed by atoms with Crippen molar-refractivity contribution in [2.45, 2.75) is 51.5 Å². The normalized spacial score (nSPS) is 20.1. The molecule has 0 amide bonds. The van der Waals surface area contributed by atoms with Gasteiger partial charge in [-0.15, -0.1) is 0 Å². The van der Waals surface area contributed by atoms with Crippen molar-refractivity contribution in [3.63, 3.8) is 0 Å². The number of likely N-dealkylation sites (tertiary alicyclic amines) is 1. The zero-order chi connectivity index (χ0) is 26.4. The van der Waals surface area contributed by atoms with E-state index < -0.39 is 11.7 Å². The van der Waals surface area contributed by atoms with E-state index in [1.165, 1.54) is 0 Å². The molecule has 1 fully saturated rings. The topological polar surface area (TPSA) is 89.2 Å². The highest BCUT2D eigenvalue weighted by molar-refractivity contribution is 6.32. The van der Waals surface area contributed by atoms with E-state index in [9.17, 15) is 10.2 Å². The van der Waals surface area contributed by atoms with Crippen LogP contribution in [0.3, 0.4) is 0 Å². The highest BCUT2D eigenvalue weighted by Gasteiger charge is 2.42. The van der Waals surface area contributed by atoms with Crippen LogP contribution in [0.25, 0.3) is 0 Å². The second-order valence-corrected chi connectivity index (χ2v) is 9.97. The van der Waals surface area contributed by atoms with E-state index >= 15 is 0 Å². The summed E-state index contributed by atoms with van der Waals surface area (Å²) in [5.74, 6) is 2.87. The van der Waals surface area contributed by atoms with Gasteiger partial charge in [-0.3, -0.25) is 4.90 Å². The number of hydrogen-bond acceptors (Lipinski definition) is 7. The fourth-order valence-electron chi connectivity index (χ4n) is 4.65. The number of rotatable bonds is 11. The lowest BCUT2D eigenvalue weighted by Gasteiger charge is -2.42. The number of hydrogen-bond donors (Lipinski definition) is 2. The molecule has 2 N–H and O–H groups in total. The first-order valence-corrected chi connectivity index (χ1v) is 13.0. The number of aliphatic hydroxyl groups is 2. The van der Waals surface area contributed by atoms with Gasteiger partial charge in [-0.2, -0.15) is 0 Å². The maximum absolute atomic E-state index is 11.3. The molecule has 8 nitrogen and oxygen atoms in total. The van der Waals surface area contributed by atoms with Crippen molar-refractivity contribution in [2.24, 2.45) is 0 Å². The number of imidazole rings is 1. The second kappa shape index (κ2) is 12.2. The molecular weight excluding hydrogens is 494 g/mol. The van der Waals surface area contributed by atoms with Gasteiger partial charge in [-0.1, -0.05) is 30.7 Å². The van der Waals surface area contributed by atoms with Gasteiger partial charge < -0.3 is 29.0 Å². The van der Waals surface area contributed by atoms with Crippen LogP contribution in [-0.4, -0.2) is 69.8 Å². The minimum Gasteiger partial charge on any atom is -0.493 e. The Morgan fingerprint density at radius 1 is 1.14 bits per heavy atom. The van der Waals surface area contributed by atoms with Crippen LogP contribution in [0.4, 0.5) is 0 Å². The molecule has 1 aromatic heterocycles. The highest BCUT2D eigenvalue weighted by Crippen LogP contribution is 2.31. The van der Waals surface area contributed by atoms with Crippen molar-refractivity contribution >= 4 is 11.6 Å².